The van der Waals surface area contributed by atoms with Gasteiger partial charge in [0.1, 0.15) is 5.54 Å². The topological polar surface area (TPSA) is 67.2 Å². The number of urea groups is 1. The summed E-state index contributed by atoms with van der Waals surface area (Å²) in [4.78, 5) is 26.8. The minimum Gasteiger partial charge on any atom is -0.323 e. The van der Waals surface area contributed by atoms with Crippen molar-refractivity contribution in [2.45, 2.75) is 44.7 Å². The van der Waals surface area contributed by atoms with Crippen LogP contribution in [0.1, 0.15) is 38.2 Å². The van der Waals surface area contributed by atoms with Gasteiger partial charge >= 0.3 is 6.03 Å². The third-order valence-electron chi connectivity index (χ3n) is 5.55. The maximum atomic E-state index is 13.0. The number of nitrogens with zero attached hydrogens (tertiary/aromatic N) is 3. The van der Waals surface area contributed by atoms with Gasteiger partial charge in [0.05, 0.1) is 12.2 Å². The molecule has 1 aromatic carbocycles. The highest BCUT2D eigenvalue weighted by atomic mass is 16.2. The Balaban J connectivity index is 1.52. The Kier molecular flexibility index (Phi) is 3.82. The van der Waals surface area contributed by atoms with Gasteiger partial charge in [-0.1, -0.05) is 31.9 Å². The van der Waals surface area contributed by atoms with E-state index in [1.807, 2.05) is 36.5 Å². The summed E-state index contributed by atoms with van der Waals surface area (Å²) in [6.45, 7) is 2.37. The van der Waals surface area contributed by atoms with Crippen molar-refractivity contribution in [1.82, 2.24) is 20.0 Å². The van der Waals surface area contributed by atoms with Crippen molar-refractivity contribution in [3.8, 4) is 5.69 Å². The van der Waals surface area contributed by atoms with Crippen LogP contribution >= 0.6 is 0 Å². The van der Waals surface area contributed by atoms with E-state index >= 15 is 0 Å². The number of imide groups is 1. The maximum Gasteiger partial charge on any atom is 0.325 e. The SMILES string of the molecule is C[C@@H]1CCCC[C@@]12NC(=O)N(Cc1ccc(-n3cccn3)cc1)C2=O. The Morgan fingerprint density at radius 3 is 2.72 bits per heavy atom. The highest BCUT2D eigenvalue weighted by Gasteiger charge is 2.54. The van der Waals surface area contributed by atoms with Gasteiger partial charge in [-0.2, -0.15) is 5.10 Å². The average molecular weight is 338 g/mol. The van der Waals surface area contributed by atoms with Crippen molar-refractivity contribution in [2.24, 2.45) is 5.92 Å². The fourth-order valence-corrected chi connectivity index (χ4v) is 4.00. The quantitative estimate of drug-likeness (QED) is 0.875. The first kappa shape index (κ1) is 15.9. The van der Waals surface area contributed by atoms with Crippen LogP contribution in [0.3, 0.4) is 0 Å². The Morgan fingerprint density at radius 1 is 1.24 bits per heavy atom. The first-order valence-electron chi connectivity index (χ1n) is 8.83. The summed E-state index contributed by atoms with van der Waals surface area (Å²) in [7, 11) is 0. The van der Waals surface area contributed by atoms with Crippen LogP contribution in [-0.2, 0) is 11.3 Å². The lowest BCUT2D eigenvalue weighted by atomic mass is 9.73. The lowest BCUT2D eigenvalue weighted by Gasteiger charge is -2.36. The van der Waals surface area contributed by atoms with E-state index in [0.29, 0.717) is 6.54 Å². The van der Waals surface area contributed by atoms with Gasteiger partial charge in [0, 0.05) is 12.4 Å². The highest BCUT2D eigenvalue weighted by Crippen LogP contribution is 2.38. The van der Waals surface area contributed by atoms with Gasteiger partial charge in [0.15, 0.2) is 0 Å². The van der Waals surface area contributed by atoms with Crippen LogP contribution in [0.2, 0.25) is 0 Å². The van der Waals surface area contributed by atoms with Crippen LogP contribution in [0.4, 0.5) is 4.79 Å². The third kappa shape index (κ3) is 2.62. The number of amides is 3. The highest BCUT2D eigenvalue weighted by molar-refractivity contribution is 6.07. The molecule has 1 saturated carbocycles. The molecule has 2 aliphatic rings. The van der Waals surface area contributed by atoms with Crippen LogP contribution in [0.15, 0.2) is 42.7 Å². The third-order valence-corrected chi connectivity index (χ3v) is 5.55. The fraction of sp³-hybridized carbons (Fsp3) is 0.421. The molecule has 6 heteroatoms. The molecule has 3 amide bonds. The minimum absolute atomic E-state index is 0.0687. The first-order chi connectivity index (χ1) is 12.1. The lowest BCUT2D eigenvalue weighted by molar-refractivity contribution is -0.134. The predicted molar refractivity (Wildman–Crippen MR) is 93.0 cm³/mol. The van der Waals surface area contributed by atoms with E-state index in [2.05, 4.69) is 17.3 Å². The molecule has 2 heterocycles. The summed E-state index contributed by atoms with van der Waals surface area (Å²) in [5, 5.41) is 7.19. The van der Waals surface area contributed by atoms with Crippen LogP contribution in [0.25, 0.3) is 5.69 Å². The zero-order valence-corrected chi connectivity index (χ0v) is 14.3. The monoisotopic (exact) mass is 338 g/mol. The molecule has 130 valence electrons. The summed E-state index contributed by atoms with van der Waals surface area (Å²) >= 11 is 0. The number of benzene rings is 1. The Labute approximate surface area is 146 Å². The Morgan fingerprint density at radius 2 is 2.04 bits per heavy atom. The maximum absolute atomic E-state index is 13.0. The van der Waals surface area contributed by atoms with Gasteiger partial charge in [-0.3, -0.25) is 9.69 Å². The zero-order valence-electron chi connectivity index (χ0n) is 14.3. The second-order valence-electron chi connectivity index (χ2n) is 7.06. The lowest BCUT2D eigenvalue weighted by Crippen LogP contribution is -2.53. The first-order valence-corrected chi connectivity index (χ1v) is 8.83. The summed E-state index contributed by atoms with van der Waals surface area (Å²) in [5.41, 5.74) is 1.19. The van der Waals surface area contributed by atoms with Crippen molar-refractivity contribution in [3.05, 3.63) is 48.3 Å². The fourth-order valence-electron chi connectivity index (χ4n) is 4.00. The molecule has 1 aromatic heterocycles. The Hall–Kier alpha value is -2.63. The molecule has 0 unspecified atom stereocenters. The van der Waals surface area contributed by atoms with Crippen LogP contribution in [0, 0.1) is 5.92 Å². The molecule has 1 N–H and O–H groups in total. The molecule has 0 bridgehead atoms. The number of nitrogens with one attached hydrogen (secondary N) is 1. The molecular formula is C19H22N4O2. The van der Waals surface area contributed by atoms with Crippen molar-refractivity contribution in [1.29, 1.82) is 0 Å². The number of hydrogen-bond acceptors (Lipinski definition) is 3. The molecule has 1 aliphatic carbocycles. The van der Waals surface area contributed by atoms with Crippen molar-refractivity contribution in [2.75, 3.05) is 0 Å². The average Bonchev–Trinajstić information content (AvgIpc) is 3.22. The van der Waals surface area contributed by atoms with E-state index in [1.165, 1.54) is 4.90 Å². The summed E-state index contributed by atoms with van der Waals surface area (Å²) in [6, 6.07) is 9.36. The van der Waals surface area contributed by atoms with E-state index in [1.54, 1.807) is 10.9 Å². The van der Waals surface area contributed by atoms with Gasteiger partial charge < -0.3 is 5.32 Å². The molecule has 6 nitrogen and oxygen atoms in total. The molecular weight excluding hydrogens is 316 g/mol. The van der Waals surface area contributed by atoms with Gasteiger partial charge in [-0.05, 0) is 42.5 Å². The molecule has 1 aliphatic heterocycles. The molecule has 25 heavy (non-hydrogen) atoms. The molecule has 2 aromatic rings. The van der Waals surface area contributed by atoms with Gasteiger partial charge in [-0.15, -0.1) is 0 Å². The van der Waals surface area contributed by atoms with Gasteiger partial charge in [0.2, 0.25) is 0 Å². The summed E-state index contributed by atoms with van der Waals surface area (Å²) < 4.78 is 1.77. The second-order valence-corrected chi connectivity index (χ2v) is 7.06. The molecule has 0 radical (unpaired) electrons. The molecule has 2 atom stereocenters. The minimum atomic E-state index is -0.690. The van der Waals surface area contributed by atoms with E-state index in [-0.39, 0.29) is 17.9 Å². The van der Waals surface area contributed by atoms with Crippen molar-refractivity contribution in [3.63, 3.8) is 0 Å². The molecule has 4 rings (SSSR count). The van der Waals surface area contributed by atoms with E-state index in [0.717, 1.165) is 36.9 Å². The smallest absolute Gasteiger partial charge is 0.323 e. The normalized spacial score (nSPS) is 26.3. The molecule has 1 saturated heterocycles. The predicted octanol–water partition coefficient (Wildman–Crippen LogP) is 2.87. The van der Waals surface area contributed by atoms with E-state index in [9.17, 15) is 9.59 Å². The Bertz CT molecular complexity index is 784. The summed E-state index contributed by atoms with van der Waals surface area (Å²) in [6.07, 6.45) is 7.45. The van der Waals surface area contributed by atoms with E-state index < -0.39 is 5.54 Å². The van der Waals surface area contributed by atoms with Gasteiger partial charge in [-0.25, -0.2) is 9.48 Å². The molecule has 1 spiro atoms. The van der Waals surface area contributed by atoms with Crippen molar-refractivity contribution >= 4 is 11.9 Å². The van der Waals surface area contributed by atoms with E-state index in [4.69, 9.17) is 0 Å². The molecule has 2 fully saturated rings. The van der Waals surface area contributed by atoms with Crippen molar-refractivity contribution < 1.29 is 9.59 Å². The number of rotatable bonds is 3. The van der Waals surface area contributed by atoms with Gasteiger partial charge in [0.25, 0.3) is 5.91 Å². The second kappa shape index (κ2) is 6.02. The van der Waals surface area contributed by atoms with Crippen LogP contribution in [-0.4, -0.2) is 32.2 Å². The number of carbonyl (C=O) groups is 2. The van der Waals surface area contributed by atoms with Crippen LogP contribution < -0.4 is 5.32 Å². The number of carbonyl (C=O) groups excluding carboxylic acids is 2. The van der Waals surface area contributed by atoms with Crippen LogP contribution in [0.5, 0.6) is 0 Å². The largest absolute Gasteiger partial charge is 0.325 e. The standard InChI is InChI=1S/C19H22N4O2/c1-14-5-2-3-10-19(14)17(24)22(18(25)21-19)13-15-6-8-16(9-7-15)23-12-4-11-20-23/h4,6-9,11-12,14H,2-3,5,10,13H2,1H3,(H,21,25)/t14-,19-/m1/s1. The summed E-state index contributed by atoms with van der Waals surface area (Å²) in [5.74, 6) is 0.116. The zero-order chi connectivity index (χ0) is 17.4. The number of hydrogen-bond donors (Lipinski definition) is 1. The number of aromatic nitrogens is 2.